The first-order chi connectivity index (χ1) is 9.26. The Morgan fingerprint density at radius 3 is 2.40 bits per heavy atom. The summed E-state index contributed by atoms with van der Waals surface area (Å²) in [6.45, 7) is 13.6. The van der Waals surface area contributed by atoms with Gasteiger partial charge in [-0.05, 0) is 54.0 Å². The third kappa shape index (κ3) is 7.70. The van der Waals surface area contributed by atoms with Crippen LogP contribution in [0.4, 0.5) is 4.79 Å². The lowest BCUT2D eigenvalue weighted by molar-refractivity contribution is -0.0681. The SMILES string of the molecule is CC1CN(CCCCNC(=O)OC(C)(C)C)CC(C)O1. The molecule has 1 fully saturated rings. The Balaban J connectivity index is 2.06. The molecule has 1 rings (SSSR count). The highest BCUT2D eigenvalue weighted by Crippen LogP contribution is 2.11. The van der Waals surface area contributed by atoms with Gasteiger partial charge in [-0.3, -0.25) is 4.90 Å². The van der Waals surface area contributed by atoms with E-state index in [0.717, 1.165) is 32.5 Å². The molecule has 2 atom stereocenters. The van der Waals surface area contributed by atoms with Gasteiger partial charge in [0.15, 0.2) is 0 Å². The van der Waals surface area contributed by atoms with Gasteiger partial charge in [0.2, 0.25) is 0 Å². The van der Waals surface area contributed by atoms with Crippen LogP contribution < -0.4 is 5.32 Å². The van der Waals surface area contributed by atoms with Crippen molar-refractivity contribution in [3.63, 3.8) is 0 Å². The standard InChI is InChI=1S/C15H30N2O3/c1-12-10-17(11-13(2)19-12)9-7-6-8-16-14(18)20-15(3,4)5/h12-13H,6-11H2,1-5H3,(H,16,18). The van der Waals surface area contributed by atoms with Crippen LogP contribution in [0.25, 0.3) is 0 Å². The maximum atomic E-state index is 11.4. The normalized spacial score (nSPS) is 24.4. The molecule has 0 aromatic rings. The predicted molar refractivity (Wildman–Crippen MR) is 79.9 cm³/mol. The summed E-state index contributed by atoms with van der Waals surface area (Å²) in [5.74, 6) is 0. The molecule has 0 aromatic heterocycles. The smallest absolute Gasteiger partial charge is 0.407 e. The van der Waals surface area contributed by atoms with Gasteiger partial charge in [-0.2, -0.15) is 0 Å². The average Bonchev–Trinajstić information content (AvgIpc) is 2.24. The lowest BCUT2D eigenvalue weighted by atomic mass is 10.2. The van der Waals surface area contributed by atoms with E-state index >= 15 is 0 Å². The van der Waals surface area contributed by atoms with Crippen LogP contribution in [0.1, 0.15) is 47.5 Å². The van der Waals surface area contributed by atoms with E-state index in [4.69, 9.17) is 9.47 Å². The molecule has 1 heterocycles. The van der Waals surface area contributed by atoms with Crippen LogP contribution in [-0.4, -0.2) is 55.0 Å². The summed E-state index contributed by atoms with van der Waals surface area (Å²) >= 11 is 0. The zero-order valence-corrected chi connectivity index (χ0v) is 13.6. The van der Waals surface area contributed by atoms with E-state index in [9.17, 15) is 4.79 Å². The second-order valence-corrected chi connectivity index (χ2v) is 6.65. The quantitative estimate of drug-likeness (QED) is 0.789. The van der Waals surface area contributed by atoms with Gasteiger partial charge in [-0.25, -0.2) is 4.79 Å². The molecule has 0 radical (unpaired) electrons. The highest BCUT2D eigenvalue weighted by Gasteiger charge is 2.21. The summed E-state index contributed by atoms with van der Waals surface area (Å²) in [6, 6.07) is 0. The van der Waals surface area contributed by atoms with E-state index in [0.29, 0.717) is 18.8 Å². The molecule has 0 bridgehead atoms. The first kappa shape index (κ1) is 17.2. The first-order valence-corrected chi connectivity index (χ1v) is 7.61. The number of morpholine rings is 1. The van der Waals surface area contributed by atoms with E-state index < -0.39 is 5.60 Å². The maximum Gasteiger partial charge on any atom is 0.407 e. The number of nitrogens with zero attached hydrogens (tertiary/aromatic N) is 1. The van der Waals surface area contributed by atoms with Gasteiger partial charge in [-0.15, -0.1) is 0 Å². The number of nitrogens with one attached hydrogen (secondary N) is 1. The van der Waals surface area contributed by atoms with Crippen molar-refractivity contribution in [2.75, 3.05) is 26.2 Å². The number of carbonyl (C=O) groups is 1. The molecule has 0 aromatic carbocycles. The van der Waals surface area contributed by atoms with E-state index in [1.54, 1.807) is 0 Å². The van der Waals surface area contributed by atoms with E-state index in [-0.39, 0.29) is 6.09 Å². The number of carbonyl (C=O) groups excluding carboxylic acids is 1. The number of amides is 1. The minimum atomic E-state index is -0.426. The topological polar surface area (TPSA) is 50.8 Å². The molecule has 5 heteroatoms. The largest absolute Gasteiger partial charge is 0.444 e. The number of alkyl carbamates (subject to hydrolysis) is 1. The summed E-state index contributed by atoms with van der Waals surface area (Å²) in [5, 5.41) is 2.79. The second kappa shape index (κ2) is 7.84. The van der Waals surface area contributed by atoms with Crippen LogP contribution in [0.5, 0.6) is 0 Å². The van der Waals surface area contributed by atoms with Crippen LogP contribution in [0.15, 0.2) is 0 Å². The fourth-order valence-electron chi connectivity index (χ4n) is 2.43. The number of rotatable bonds is 5. The molecule has 1 N–H and O–H groups in total. The highest BCUT2D eigenvalue weighted by atomic mass is 16.6. The minimum absolute atomic E-state index is 0.318. The Kier molecular flexibility index (Phi) is 6.76. The van der Waals surface area contributed by atoms with Crippen LogP contribution in [0, 0.1) is 0 Å². The van der Waals surface area contributed by atoms with Crippen molar-refractivity contribution >= 4 is 6.09 Å². The zero-order valence-electron chi connectivity index (χ0n) is 13.6. The Labute approximate surface area is 123 Å². The van der Waals surface area contributed by atoms with Gasteiger partial charge in [0.05, 0.1) is 12.2 Å². The predicted octanol–water partition coefficient (Wildman–Crippen LogP) is 2.40. The summed E-state index contributed by atoms with van der Waals surface area (Å²) in [6.07, 6.45) is 2.36. The molecule has 0 spiro atoms. The van der Waals surface area contributed by atoms with Crippen molar-refractivity contribution in [1.29, 1.82) is 0 Å². The van der Waals surface area contributed by atoms with Crippen LogP contribution >= 0.6 is 0 Å². The van der Waals surface area contributed by atoms with Crippen molar-refractivity contribution in [3.05, 3.63) is 0 Å². The van der Waals surface area contributed by atoms with Crippen molar-refractivity contribution in [2.24, 2.45) is 0 Å². The zero-order chi connectivity index (χ0) is 15.2. The number of ether oxygens (including phenoxy) is 2. The molecular formula is C15H30N2O3. The Morgan fingerprint density at radius 2 is 1.85 bits per heavy atom. The Hall–Kier alpha value is -0.810. The molecule has 0 saturated carbocycles. The molecule has 118 valence electrons. The molecular weight excluding hydrogens is 256 g/mol. The molecule has 1 aliphatic heterocycles. The summed E-state index contributed by atoms with van der Waals surface area (Å²) in [4.78, 5) is 13.9. The van der Waals surface area contributed by atoms with Gasteiger partial charge in [0.1, 0.15) is 5.60 Å². The average molecular weight is 286 g/mol. The molecule has 1 amide bonds. The molecule has 1 saturated heterocycles. The summed E-state index contributed by atoms with van der Waals surface area (Å²) < 4.78 is 10.9. The fourth-order valence-corrected chi connectivity index (χ4v) is 2.43. The molecule has 1 aliphatic rings. The third-order valence-electron chi connectivity index (χ3n) is 3.06. The minimum Gasteiger partial charge on any atom is -0.444 e. The van der Waals surface area contributed by atoms with Crippen molar-refractivity contribution in [2.45, 2.75) is 65.3 Å². The van der Waals surface area contributed by atoms with E-state index in [1.807, 2.05) is 20.8 Å². The van der Waals surface area contributed by atoms with Gasteiger partial charge >= 0.3 is 6.09 Å². The maximum absolute atomic E-state index is 11.4. The van der Waals surface area contributed by atoms with Gasteiger partial charge in [0.25, 0.3) is 0 Å². The van der Waals surface area contributed by atoms with Crippen LogP contribution in [-0.2, 0) is 9.47 Å². The first-order valence-electron chi connectivity index (χ1n) is 7.61. The number of unbranched alkanes of at least 4 members (excludes halogenated alkanes) is 1. The van der Waals surface area contributed by atoms with Crippen molar-refractivity contribution in [1.82, 2.24) is 10.2 Å². The van der Waals surface area contributed by atoms with E-state index in [2.05, 4.69) is 24.1 Å². The van der Waals surface area contributed by atoms with Crippen molar-refractivity contribution < 1.29 is 14.3 Å². The lowest BCUT2D eigenvalue weighted by Crippen LogP contribution is -2.45. The lowest BCUT2D eigenvalue weighted by Gasteiger charge is -2.35. The summed E-state index contributed by atoms with van der Waals surface area (Å²) in [5.41, 5.74) is -0.426. The van der Waals surface area contributed by atoms with Crippen molar-refractivity contribution in [3.8, 4) is 0 Å². The fraction of sp³-hybridized carbons (Fsp3) is 0.933. The van der Waals surface area contributed by atoms with Crippen LogP contribution in [0.2, 0.25) is 0 Å². The van der Waals surface area contributed by atoms with Gasteiger partial charge < -0.3 is 14.8 Å². The molecule has 2 unspecified atom stereocenters. The number of hydrogen-bond donors (Lipinski definition) is 1. The molecule has 5 nitrogen and oxygen atoms in total. The monoisotopic (exact) mass is 286 g/mol. The summed E-state index contributed by atoms with van der Waals surface area (Å²) in [7, 11) is 0. The molecule has 20 heavy (non-hydrogen) atoms. The number of hydrogen-bond acceptors (Lipinski definition) is 4. The Bertz CT molecular complexity index is 292. The Morgan fingerprint density at radius 1 is 1.25 bits per heavy atom. The molecule has 0 aliphatic carbocycles. The second-order valence-electron chi connectivity index (χ2n) is 6.65. The van der Waals surface area contributed by atoms with Gasteiger partial charge in [-0.1, -0.05) is 0 Å². The van der Waals surface area contributed by atoms with Gasteiger partial charge in [0, 0.05) is 19.6 Å². The highest BCUT2D eigenvalue weighted by molar-refractivity contribution is 5.67. The van der Waals surface area contributed by atoms with Crippen LogP contribution in [0.3, 0.4) is 0 Å². The van der Waals surface area contributed by atoms with E-state index in [1.165, 1.54) is 0 Å². The third-order valence-corrected chi connectivity index (χ3v) is 3.06.